The number of benzene rings is 2. The van der Waals surface area contributed by atoms with Gasteiger partial charge in [0.05, 0.1) is 20.3 Å². The van der Waals surface area contributed by atoms with Gasteiger partial charge in [-0.2, -0.15) is 0 Å². The Morgan fingerprint density at radius 2 is 1.92 bits per heavy atom. The molecule has 0 N–H and O–H groups in total. The summed E-state index contributed by atoms with van der Waals surface area (Å²) in [5.41, 5.74) is 2.64. The molecule has 1 heterocycles. The Hall–Kier alpha value is -2.59. The summed E-state index contributed by atoms with van der Waals surface area (Å²) in [6.45, 7) is 3.17. The van der Waals surface area contributed by atoms with E-state index >= 15 is 0 Å². The molecule has 0 amide bonds. The van der Waals surface area contributed by atoms with E-state index in [1.165, 1.54) is 0 Å². The molecule has 0 saturated carbocycles. The second-order valence-corrected chi connectivity index (χ2v) is 5.59. The summed E-state index contributed by atoms with van der Waals surface area (Å²) in [4.78, 5) is 14.7. The number of ether oxygens (including phenoxy) is 2. The van der Waals surface area contributed by atoms with Crippen LogP contribution in [0.4, 0.5) is 5.69 Å². The summed E-state index contributed by atoms with van der Waals surface area (Å²) in [6.07, 6.45) is 3.39. The Bertz CT molecular complexity index is 733. The third kappa shape index (κ3) is 3.84. The van der Waals surface area contributed by atoms with Crippen LogP contribution in [-0.2, 0) is 4.74 Å². The van der Waals surface area contributed by atoms with Gasteiger partial charge in [0.1, 0.15) is 5.75 Å². The maximum atomic E-state index is 12.5. The van der Waals surface area contributed by atoms with Crippen molar-refractivity contribution in [3.05, 3.63) is 65.7 Å². The molecule has 0 unspecified atom stereocenters. The molecule has 0 aliphatic carbocycles. The predicted molar refractivity (Wildman–Crippen MR) is 95.8 cm³/mol. The van der Waals surface area contributed by atoms with Crippen LogP contribution in [-0.4, -0.2) is 39.2 Å². The van der Waals surface area contributed by atoms with Crippen LogP contribution in [0.15, 0.2) is 54.6 Å². The van der Waals surface area contributed by atoms with Crippen LogP contribution < -0.4 is 9.64 Å². The largest absolute Gasteiger partial charge is 0.496 e. The molecule has 1 fully saturated rings. The molecule has 1 saturated heterocycles. The SMILES string of the molecule is COc1ccccc1C=CC(=O)c1cccc(N2CCOCC2)c1. The third-order valence-electron chi connectivity index (χ3n) is 4.06. The fraction of sp³-hybridized carbons (Fsp3) is 0.250. The van der Waals surface area contributed by atoms with Gasteiger partial charge in [0.15, 0.2) is 5.78 Å². The molecule has 1 aliphatic heterocycles. The number of carbonyl (C=O) groups excluding carboxylic acids is 1. The first-order chi connectivity index (χ1) is 11.8. The zero-order valence-corrected chi connectivity index (χ0v) is 13.8. The number of nitrogens with zero attached hydrogens (tertiary/aromatic N) is 1. The van der Waals surface area contributed by atoms with E-state index in [0.717, 1.165) is 43.3 Å². The molecule has 1 aliphatic rings. The lowest BCUT2D eigenvalue weighted by molar-refractivity contribution is 0.104. The molecule has 0 aromatic heterocycles. The van der Waals surface area contributed by atoms with Crippen LogP contribution in [0.2, 0.25) is 0 Å². The van der Waals surface area contributed by atoms with Crippen LogP contribution in [0.5, 0.6) is 5.75 Å². The van der Waals surface area contributed by atoms with Gasteiger partial charge in [-0.05, 0) is 30.4 Å². The fourth-order valence-electron chi connectivity index (χ4n) is 2.74. The first-order valence-corrected chi connectivity index (χ1v) is 8.06. The van der Waals surface area contributed by atoms with Gasteiger partial charge in [0.2, 0.25) is 0 Å². The summed E-state index contributed by atoms with van der Waals surface area (Å²) in [7, 11) is 1.63. The number of allylic oxidation sites excluding steroid dienone is 1. The van der Waals surface area contributed by atoms with E-state index in [2.05, 4.69) is 4.90 Å². The minimum absolute atomic E-state index is 0.0176. The van der Waals surface area contributed by atoms with E-state index in [-0.39, 0.29) is 5.78 Å². The zero-order chi connectivity index (χ0) is 16.8. The number of anilines is 1. The van der Waals surface area contributed by atoms with Crippen molar-refractivity contribution in [1.29, 1.82) is 0 Å². The average molecular weight is 323 g/mol. The lowest BCUT2D eigenvalue weighted by Crippen LogP contribution is -2.36. The highest BCUT2D eigenvalue weighted by Crippen LogP contribution is 2.21. The fourth-order valence-corrected chi connectivity index (χ4v) is 2.74. The second kappa shape index (κ2) is 7.79. The molecular formula is C20H21NO3. The van der Waals surface area contributed by atoms with Crippen LogP contribution in [0.25, 0.3) is 6.08 Å². The standard InChI is InChI=1S/C20H21NO3/c1-23-20-8-3-2-5-16(20)9-10-19(22)17-6-4-7-18(15-17)21-11-13-24-14-12-21/h2-10,15H,11-14H2,1H3. The normalized spacial score (nSPS) is 14.8. The molecule has 24 heavy (non-hydrogen) atoms. The maximum Gasteiger partial charge on any atom is 0.185 e. The first-order valence-electron chi connectivity index (χ1n) is 8.06. The summed E-state index contributed by atoms with van der Waals surface area (Å²) in [6, 6.07) is 15.4. The van der Waals surface area contributed by atoms with Gasteiger partial charge in [-0.25, -0.2) is 0 Å². The summed E-state index contributed by atoms with van der Waals surface area (Å²) >= 11 is 0. The summed E-state index contributed by atoms with van der Waals surface area (Å²) in [5, 5.41) is 0. The van der Waals surface area contributed by atoms with Crippen molar-refractivity contribution in [2.75, 3.05) is 38.3 Å². The van der Waals surface area contributed by atoms with E-state index in [1.807, 2.05) is 48.5 Å². The molecule has 0 bridgehead atoms. The highest BCUT2D eigenvalue weighted by Gasteiger charge is 2.12. The Morgan fingerprint density at radius 1 is 1.12 bits per heavy atom. The van der Waals surface area contributed by atoms with Crippen molar-refractivity contribution in [3.63, 3.8) is 0 Å². The van der Waals surface area contributed by atoms with E-state index < -0.39 is 0 Å². The Labute approximate surface area is 142 Å². The molecule has 0 radical (unpaired) electrons. The molecule has 0 spiro atoms. The van der Waals surface area contributed by atoms with Crippen molar-refractivity contribution in [2.24, 2.45) is 0 Å². The lowest BCUT2D eigenvalue weighted by Gasteiger charge is -2.29. The van der Waals surface area contributed by atoms with Gasteiger partial charge in [0.25, 0.3) is 0 Å². The van der Waals surface area contributed by atoms with Crippen LogP contribution in [0.3, 0.4) is 0 Å². The maximum absolute atomic E-state index is 12.5. The van der Waals surface area contributed by atoms with Crippen molar-refractivity contribution >= 4 is 17.5 Å². The summed E-state index contributed by atoms with van der Waals surface area (Å²) in [5.74, 6) is 0.736. The highest BCUT2D eigenvalue weighted by molar-refractivity contribution is 6.07. The van der Waals surface area contributed by atoms with Crippen molar-refractivity contribution in [3.8, 4) is 5.75 Å². The van der Waals surface area contributed by atoms with Crippen LogP contribution in [0.1, 0.15) is 15.9 Å². The molecular weight excluding hydrogens is 302 g/mol. The number of para-hydroxylation sites is 1. The number of morpholine rings is 1. The number of carbonyl (C=O) groups is 1. The molecule has 2 aromatic carbocycles. The number of hydrogen-bond acceptors (Lipinski definition) is 4. The molecule has 0 atom stereocenters. The molecule has 4 nitrogen and oxygen atoms in total. The van der Waals surface area contributed by atoms with E-state index in [9.17, 15) is 4.79 Å². The van der Waals surface area contributed by atoms with E-state index in [1.54, 1.807) is 19.3 Å². The number of ketones is 1. The van der Waals surface area contributed by atoms with Gasteiger partial charge in [-0.1, -0.05) is 30.3 Å². The van der Waals surface area contributed by atoms with Crippen LogP contribution >= 0.6 is 0 Å². The smallest absolute Gasteiger partial charge is 0.185 e. The molecule has 124 valence electrons. The van der Waals surface area contributed by atoms with Crippen molar-refractivity contribution in [1.82, 2.24) is 0 Å². The topological polar surface area (TPSA) is 38.8 Å². The van der Waals surface area contributed by atoms with Gasteiger partial charge in [-0.3, -0.25) is 4.79 Å². The monoisotopic (exact) mass is 323 g/mol. The van der Waals surface area contributed by atoms with Crippen molar-refractivity contribution in [2.45, 2.75) is 0 Å². The summed E-state index contributed by atoms with van der Waals surface area (Å²) < 4.78 is 10.7. The van der Waals surface area contributed by atoms with Gasteiger partial charge in [0, 0.05) is 29.9 Å². The minimum Gasteiger partial charge on any atom is -0.496 e. The number of methoxy groups -OCH3 is 1. The Balaban J connectivity index is 1.76. The number of hydrogen-bond donors (Lipinski definition) is 0. The third-order valence-corrected chi connectivity index (χ3v) is 4.06. The highest BCUT2D eigenvalue weighted by atomic mass is 16.5. The quantitative estimate of drug-likeness (QED) is 0.624. The second-order valence-electron chi connectivity index (χ2n) is 5.59. The van der Waals surface area contributed by atoms with Crippen molar-refractivity contribution < 1.29 is 14.3 Å². The molecule has 4 heteroatoms. The van der Waals surface area contributed by atoms with Gasteiger partial charge >= 0.3 is 0 Å². The molecule has 3 rings (SSSR count). The Morgan fingerprint density at radius 3 is 2.71 bits per heavy atom. The predicted octanol–water partition coefficient (Wildman–Crippen LogP) is 3.43. The first kappa shape index (κ1) is 16.3. The van der Waals surface area contributed by atoms with E-state index in [0.29, 0.717) is 5.56 Å². The van der Waals surface area contributed by atoms with Crippen LogP contribution in [0, 0.1) is 0 Å². The molecule has 2 aromatic rings. The van der Waals surface area contributed by atoms with Gasteiger partial charge < -0.3 is 14.4 Å². The average Bonchev–Trinajstić information content (AvgIpc) is 2.67. The van der Waals surface area contributed by atoms with E-state index in [4.69, 9.17) is 9.47 Å². The van der Waals surface area contributed by atoms with Gasteiger partial charge in [-0.15, -0.1) is 0 Å². The Kier molecular flexibility index (Phi) is 5.29. The lowest BCUT2D eigenvalue weighted by atomic mass is 10.1. The zero-order valence-electron chi connectivity index (χ0n) is 13.8. The number of rotatable bonds is 5. The minimum atomic E-state index is -0.0176.